The normalized spacial score (nSPS) is 35.6. The molecule has 4 heterocycles. The molecule has 2 saturated heterocycles. The summed E-state index contributed by atoms with van der Waals surface area (Å²) in [6, 6.07) is 13.8. The molecule has 6 rings (SSSR count). The Morgan fingerprint density at radius 3 is 2.67 bits per heavy atom. The lowest BCUT2D eigenvalue weighted by molar-refractivity contribution is -0.144. The van der Waals surface area contributed by atoms with Crippen molar-refractivity contribution >= 4 is 29.3 Å². The number of carbonyl (C=O) groups is 2. The smallest absolute Gasteiger partial charge is 0.266 e. The summed E-state index contributed by atoms with van der Waals surface area (Å²) in [7, 11) is 0. The number of aliphatic hydroxyl groups excluding tert-OH is 2. The van der Waals surface area contributed by atoms with Gasteiger partial charge >= 0.3 is 0 Å². The van der Waals surface area contributed by atoms with Crippen LogP contribution in [0.15, 0.2) is 53.5 Å². The number of para-hydroxylation sites is 2. The number of fused-ring (bicyclic) bond motifs is 6. The Balaban J connectivity index is 1.65. The molecule has 2 fully saturated rings. The van der Waals surface area contributed by atoms with E-state index in [1.807, 2.05) is 6.07 Å². The van der Waals surface area contributed by atoms with Gasteiger partial charge in [0.05, 0.1) is 12.3 Å². The molecule has 4 aliphatic rings. The molecule has 2 aromatic carbocycles. The molecule has 4 aliphatic heterocycles. The Morgan fingerprint density at radius 1 is 1.13 bits per heavy atom. The molecule has 5 atom stereocenters. The van der Waals surface area contributed by atoms with E-state index in [4.69, 9.17) is 4.74 Å². The number of amides is 1. The van der Waals surface area contributed by atoms with Crippen molar-refractivity contribution in [3.8, 4) is 0 Å². The standard InChI is InChI=1S/C22H17N2O6/c25-10-16-18(27)22(29)19(30-16)21(13-9-23-14-7-3-1-5-11(13)14)17(26)12-6-2-4-8-15(12)24(21)20(22)28/h1-9,16,18-19,25,27,29H,10H2/q+1/t16-,18-,19+,21-,22-/m0/s1. The SMILES string of the molecule is O=C1N2c3ccccc3C(=O)[C@@]2([C+]2C=Nc3ccccc32)[C@H]2O[C@@H](CO)[C@H](O)[C@@]12O. The molecular weight excluding hydrogens is 388 g/mol. The van der Waals surface area contributed by atoms with Crippen molar-refractivity contribution in [2.75, 3.05) is 11.5 Å². The van der Waals surface area contributed by atoms with E-state index in [-0.39, 0.29) is 0 Å². The third-order valence-electron chi connectivity index (χ3n) is 6.64. The van der Waals surface area contributed by atoms with E-state index < -0.39 is 47.7 Å². The van der Waals surface area contributed by atoms with Gasteiger partial charge in [-0.25, -0.2) is 0 Å². The third-order valence-corrected chi connectivity index (χ3v) is 6.64. The van der Waals surface area contributed by atoms with Crippen LogP contribution in [0.4, 0.5) is 11.4 Å². The number of rotatable bonds is 2. The molecule has 30 heavy (non-hydrogen) atoms. The molecule has 8 heteroatoms. The molecule has 1 amide bonds. The van der Waals surface area contributed by atoms with Crippen LogP contribution in [0.5, 0.6) is 0 Å². The van der Waals surface area contributed by atoms with E-state index >= 15 is 0 Å². The maximum absolute atomic E-state index is 13.9. The number of aliphatic hydroxyl groups is 3. The number of benzene rings is 2. The average Bonchev–Trinajstić information content (AvgIpc) is 3.43. The van der Waals surface area contributed by atoms with Crippen molar-refractivity contribution in [2.45, 2.75) is 29.5 Å². The summed E-state index contributed by atoms with van der Waals surface area (Å²) in [6.45, 7) is -0.607. The van der Waals surface area contributed by atoms with Crippen LogP contribution in [0, 0.1) is 5.92 Å². The molecule has 150 valence electrons. The first-order valence-corrected chi connectivity index (χ1v) is 9.63. The number of hydrogen-bond acceptors (Lipinski definition) is 7. The second-order valence-electron chi connectivity index (χ2n) is 7.95. The summed E-state index contributed by atoms with van der Waals surface area (Å²) in [5.41, 5.74) is -2.18. The number of nitrogens with zero attached hydrogens (tertiary/aromatic N) is 2. The van der Waals surface area contributed by atoms with Gasteiger partial charge in [0.2, 0.25) is 16.9 Å². The van der Waals surface area contributed by atoms with Crippen molar-refractivity contribution in [3.63, 3.8) is 0 Å². The zero-order chi connectivity index (χ0) is 20.8. The van der Waals surface area contributed by atoms with Gasteiger partial charge in [-0.05, 0) is 24.3 Å². The Labute approximate surface area is 171 Å². The Hall–Kier alpha value is -3.04. The number of Topliss-reactive ketones (excluding diaryl/α,β-unsaturated/α-hetero) is 1. The van der Waals surface area contributed by atoms with Crippen molar-refractivity contribution in [1.29, 1.82) is 0 Å². The van der Waals surface area contributed by atoms with Gasteiger partial charge in [-0.1, -0.05) is 12.1 Å². The minimum absolute atomic E-state index is 0.323. The molecule has 0 unspecified atom stereocenters. The second kappa shape index (κ2) is 5.55. The fourth-order valence-electron chi connectivity index (χ4n) is 5.34. The highest BCUT2D eigenvalue weighted by Crippen LogP contribution is 2.60. The summed E-state index contributed by atoms with van der Waals surface area (Å²) in [4.78, 5) is 33.1. The zero-order valence-electron chi connectivity index (χ0n) is 15.6. The van der Waals surface area contributed by atoms with Gasteiger partial charge in [0.15, 0.2) is 11.3 Å². The average molecular weight is 405 g/mol. The number of hydrogen-bond donors (Lipinski definition) is 3. The van der Waals surface area contributed by atoms with Gasteiger partial charge in [-0.3, -0.25) is 14.5 Å². The van der Waals surface area contributed by atoms with Crippen molar-refractivity contribution in [3.05, 3.63) is 65.6 Å². The number of ether oxygens (including phenoxy) is 1. The number of aliphatic imine (C=N–C) groups is 1. The van der Waals surface area contributed by atoms with Gasteiger partial charge in [-0.2, -0.15) is 4.99 Å². The lowest BCUT2D eigenvalue weighted by Crippen LogP contribution is -2.60. The fraction of sp³-hybridized carbons (Fsp3) is 0.273. The highest BCUT2D eigenvalue weighted by Gasteiger charge is 2.83. The van der Waals surface area contributed by atoms with E-state index in [9.17, 15) is 24.9 Å². The summed E-state index contributed by atoms with van der Waals surface area (Å²) in [6.07, 6.45) is -2.79. The molecule has 0 spiro atoms. The number of anilines is 1. The summed E-state index contributed by atoms with van der Waals surface area (Å²) < 4.78 is 5.85. The van der Waals surface area contributed by atoms with Crippen molar-refractivity contribution < 1.29 is 29.6 Å². The largest absolute Gasteiger partial charge is 0.394 e. The zero-order valence-corrected chi connectivity index (χ0v) is 15.6. The fourth-order valence-corrected chi connectivity index (χ4v) is 5.34. The summed E-state index contributed by atoms with van der Waals surface area (Å²) >= 11 is 0. The minimum atomic E-state index is -2.38. The van der Waals surface area contributed by atoms with Gasteiger partial charge in [-0.15, -0.1) is 0 Å². The van der Waals surface area contributed by atoms with Crippen LogP contribution in [-0.2, 0) is 9.53 Å². The van der Waals surface area contributed by atoms with Crippen LogP contribution >= 0.6 is 0 Å². The lowest BCUT2D eigenvalue weighted by Gasteiger charge is -2.34. The predicted octanol–water partition coefficient (Wildman–Crippen LogP) is 0.159. The molecule has 3 N–H and O–H groups in total. The Bertz CT molecular complexity index is 1150. The van der Waals surface area contributed by atoms with Crippen LogP contribution in [0.3, 0.4) is 0 Å². The van der Waals surface area contributed by atoms with Crippen LogP contribution in [0.2, 0.25) is 0 Å². The highest BCUT2D eigenvalue weighted by atomic mass is 16.6. The summed E-state index contributed by atoms with van der Waals surface area (Å²) in [5.74, 6) is -0.838. The van der Waals surface area contributed by atoms with E-state index in [1.165, 1.54) is 11.1 Å². The molecule has 2 aromatic rings. The minimum Gasteiger partial charge on any atom is -0.394 e. The van der Waals surface area contributed by atoms with Crippen LogP contribution in [0.1, 0.15) is 15.9 Å². The van der Waals surface area contributed by atoms with Gasteiger partial charge in [0, 0.05) is 17.7 Å². The summed E-state index contributed by atoms with van der Waals surface area (Å²) in [5, 5.41) is 31.7. The first-order chi connectivity index (χ1) is 14.5. The maximum atomic E-state index is 13.9. The first kappa shape index (κ1) is 17.8. The Kier molecular flexibility index (Phi) is 3.29. The van der Waals surface area contributed by atoms with E-state index in [0.717, 1.165) is 0 Å². The molecular formula is C22H17N2O6+. The molecule has 0 aliphatic carbocycles. The topological polar surface area (TPSA) is 120 Å². The molecule has 0 aromatic heterocycles. The highest BCUT2D eigenvalue weighted by molar-refractivity contribution is 6.29. The predicted molar refractivity (Wildman–Crippen MR) is 105 cm³/mol. The number of carbonyl (C=O) groups excluding carboxylic acids is 2. The van der Waals surface area contributed by atoms with Crippen molar-refractivity contribution in [2.24, 2.45) is 4.99 Å². The molecule has 0 saturated carbocycles. The Morgan fingerprint density at radius 2 is 1.87 bits per heavy atom. The van der Waals surface area contributed by atoms with Crippen LogP contribution in [0.25, 0.3) is 0 Å². The van der Waals surface area contributed by atoms with Crippen LogP contribution in [-0.4, -0.2) is 69.3 Å². The monoisotopic (exact) mass is 405 g/mol. The van der Waals surface area contributed by atoms with E-state index in [0.29, 0.717) is 28.4 Å². The lowest BCUT2D eigenvalue weighted by atomic mass is 9.71. The van der Waals surface area contributed by atoms with Gasteiger partial charge in [0.1, 0.15) is 30.4 Å². The molecule has 0 radical (unpaired) electrons. The van der Waals surface area contributed by atoms with Gasteiger partial charge in [0.25, 0.3) is 5.91 Å². The van der Waals surface area contributed by atoms with Crippen molar-refractivity contribution in [1.82, 2.24) is 0 Å². The molecule has 0 bridgehead atoms. The first-order valence-electron chi connectivity index (χ1n) is 9.63. The third kappa shape index (κ3) is 1.69. The second-order valence-corrected chi connectivity index (χ2v) is 7.95. The maximum Gasteiger partial charge on any atom is 0.266 e. The number of ketones is 1. The molecule has 8 nitrogen and oxygen atoms in total. The quantitative estimate of drug-likeness (QED) is 0.613. The van der Waals surface area contributed by atoms with E-state index in [2.05, 4.69) is 4.99 Å². The van der Waals surface area contributed by atoms with Gasteiger partial charge < -0.3 is 20.1 Å². The van der Waals surface area contributed by atoms with Crippen LogP contribution < -0.4 is 4.90 Å². The van der Waals surface area contributed by atoms with E-state index in [1.54, 1.807) is 42.5 Å².